The molecule has 0 atom stereocenters. The van der Waals surface area contributed by atoms with Crippen molar-refractivity contribution in [2.24, 2.45) is 0 Å². The summed E-state index contributed by atoms with van der Waals surface area (Å²) in [6.45, 7) is 2.17. The maximum atomic E-state index is 12.8. The Labute approximate surface area is 127 Å². The molecule has 0 aliphatic rings. The van der Waals surface area contributed by atoms with E-state index in [0.717, 1.165) is 43.0 Å². The van der Waals surface area contributed by atoms with Crippen LogP contribution in [0.4, 0.5) is 13.2 Å². The fourth-order valence-corrected chi connectivity index (χ4v) is 2.44. The highest BCUT2D eigenvalue weighted by atomic mass is 19.4. The lowest BCUT2D eigenvalue weighted by molar-refractivity contribution is -0.137. The number of aryl methyl sites for hydroxylation is 1. The van der Waals surface area contributed by atoms with Crippen molar-refractivity contribution >= 4 is 11.0 Å². The standard InChI is InChI=1S/C15H21F3N4/c1-19-10-14-20-12-9-11(15(16,17)18)5-6-13(12)22(14)8-4-7-21(2)3/h5-6,9,19H,4,7-8,10H2,1-3H3. The van der Waals surface area contributed by atoms with Gasteiger partial charge in [0.25, 0.3) is 0 Å². The van der Waals surface area contributed by atoms with Gasteiger partial charge < -0.3 is 14.8 Å². The second kappa shape index (κ2) is 6.66. The summed E-state index contributed by atoms with van der Waals surface area (Å²) < 4.78 is 40.4. The summed E-state index contributed by atoms with van der Waals surface area (Å²) in [7, 11) is 5.79. The van der Waals surface area contributed by atoms with Gasteiger partial charge in [-0.3, -0.25) is 0 Å². The van der Waals surface area contributed by atoms with Crippen LogP contribution in [0.15, 0.2) is 18.2 Å². The molecule has 1 aromatic carbocycles. The molecular formula is C15H21F3N4. The number of halogens is 3. The number of aromatic nitrogens is 2. The van der Waals surface area contributed by atoms with Crippen molar-refractivity contribution in [3.63, 3.8) is 0 Å². The molecule has 0 unspecified atom stereocenters. The zero-order valence-electron chi connectivity index (χ0n) is 13.0. The molecule has 7 heteroatoms. The van der Waals surface area contributed by atoms with Crippen LogP contribution in [-0.4, -0.2) is 42.1 Å². The number of hydrogen-bond donors (Lipinski definition) is 1. The zero-order valence-corrected chi connectivity index (χ0v) is 13.0. The Morgan fingerprint density at radius 1 is 1.27 bits per heavy atom. The third-order valence-electron chi connectivity index (χ3n) is 3.48. The van der Waals surface area contributed by atoms with Gasteiger partial charge in [0.05, 0.1) is 23.1 Å². The number of nitrogens with one attached hydrogen (secondary N) is 1. The third kappa shape index (κ3) is 3.78. The number of rotatable bonds is 6. The highest BCUT2D eigenvalue weighted by molar-refractivity contribution is 5.77. The van der Waals surface area contributed by atoms with Gasteiger partial charge in [-0.1, -0.05) is 0 Å². The average Bonchev–Trinajstić information content (AvgIpc) is 2.75. The minimum atomic E-state index is -4.34. The Bertz CT molecular complexity index is 631. The Balaban J connectivity index is 2.37. The number of nitrogens with zero attached hydrogens (tertiary/aromatic N) is 3. The van der Waals surface area contributed by atoms with Crippen molar-refractivity contribution < 1.29 is 13.2 Å². The summed E-state index contributed by atoms with van der Waals surface area (Å²) in [5.41, 5.74) is 0.482. The lowest BCUT2D eigenvalue weighted by Gasteiger charge is -2.12. The van der Waals surface area contributed by atoms with Gasteiger partial charge in [-0.05, 0) is 52.3 Å². The molecule has 2 rings (SSSR count). The minimum absolute atomic E-state index is 0.393. The van der Waals surface area contributed by atoms with E-state index >= 15 is 0 Å². The first-order chi connectivity index (χ1) is 10.3. The number of imidazole rings is 1. The molecule has 0 fully saturated rings. The maximum absolute atomic E-state index is 12.8. The van der Waals surface area contributed by atoms with Gasteiger partial charge in [0, 0.05) is 6.54 Å². The van der Waals surface area contributed by atoms with Crippen LogP contribution in [0, 0.1) is 0 Å². The van der Waals surface area contributed by atoms with Crippen LogP contribution < -0.4 is 5.32 Å². The molecule has 0 saturated carbocycles. The molecule has 0 amide bonds. The van der Waals surface area contributed by atoms with Crippen LogP contribution in [0.2, 0.25) is 0 Å². The molecular weight excluding hydrogens is 293 g/mol. The van der Waals surface area contributed by atoms with E-state index in [1.165, 1.54) is 6.07 Å². The molecule has 0 saturated heterocycles. The average molecular weight is 314 g/mol. The van der Waals surface area contributed by atoms with Gasteiger partial charge in [0.1, 0.15) is 5.82 Å². The van der Waals surface area contributed by atoms with E-state index < -0.39 is 11.7 Å². The van der Waals surface area contributed by atoms with Crippen LogP contribution >= 0.6 is 0 Å². The van der Waals surface area contributed by atoms with Gasteiger partial charge in [0.2, 0.25) is 0 Å². The van der Waals surface area contributed by atoms with Crippen LogP contribution in [0.3, 0.4) is 0 Å². The first-order valence-electron chi connectivity index (χ1n) is 7.18. The fourth-order valence-electron chi connectivity index (χ4n) is 2.44. The zero-order chi connectivity index (χ0) is 16.3. The van der Waals surface area contributed by atoms with Gasteiger partial charge in [-0.15, -0.1) is 0 Å². The SMILES string of the molecule is CNCc1nc2cc(C(F)(F)F)ccc2n1CCCN(C)C. The van der Waals surface area contributed by atoms with Gasteiger partial charge >= 0.3 is 6.18 Å². The van der Waals surface area contributed by atoms with Crippen LogP contribution in [0.25, 0.3) is 11.0 Å². The van der Waals surface area contributed by atoms with Crippen molar-refractivity contribution in [2.45, 2.75) is 25.7 Å². The molecule has 1 aromatic heterocycles. The highest BCUT2D eigenvalue weighted by Gasteiger charge is 2.31. The first-order valence-corrected chi connectivity index (χ1v) is 7.18. The molecule has 0 radical (unpaired) electrons. The molecule has 0 aliphatic carbocycles. The van der Waals surface area contributed by atoms with Gasteiger partial charge in [0.15, 0.2) is 0 Å². The Morgan fingerprint density at radius 3 is 2.59 bits per heavy atom. The lowest BCUT2D eigenvalue weighted by atomic mass is 10.2. The molecule has 4 nitrogen and oxygen atoms in total. The van der Waals surface area contributed by atoms with E-state index in [9.17, 15) is 13.2 Å². The minimum Gasteiger partial charge on any atom is -0.327 e. The van der Waals surface area contributed by atoms with E-state index in [2.05, 4.69) is 15.2 Å². The topological polar surface area (TPSA) is 33.1 Å². The number of alkyl halides is 3. The Kier molecular flexibility index (Phi) is 5.08. The molecule has 22 heavy (non-hydrogen) atoms. The predicted octanol–water partition coefficient (Wildman–Crippen LogP) is 2.73. The van der Waals surface area contributed by atoms with E-state index in [0.29, 0.717) is 12.1 Å². The summed E-state index contributed by atoms with van der Waals surface area (Å²) >= 11 is 0. The normalized spacial score (nSPS) is 12.5. The van der Waals surface area contributed by atoms with Crippen molar-refractivity contribution in [2.75, 3.05) is 27.7 Å². The summed E-state index contributed by atoms with van der Waals surface area (Å²) in [6, 6.07) is 3.76. The summed E-state index contributed by atoms with van der Waals surface area (Å²) in [4.78, 5) is 6.44. The fraction of sp³-hybridized carbons (Fsp3) is 0.533. The monoisotopic (exact) mass is 314 g/mol. The van der Waals surface area contributed by atoms with Gasteiger partial charge in [-0.25, -0.2) is 4.98 Å². The third-order valence-corrected chi connectivity index (χ3v) is 3.48. The Morgan fingerprint density at radius 2 is 2.00 bits per heavy atom. The molecule has 1 heterocycles. The first kappa shape index (κ1) is 16.8. The molecule has 1 N–H and O–H groups in total. The lowest BCUT2D eigenvalue weighted by Crippen LogP contribution is -2.17. The van der Waals surface area contributed by atoms with Crippen molar-refractivity contribution in [1.82, 2.24) is 19.8 Å². The number of hydrogen-bond acceptors (Lipinski definition) is 3. The van der Waals surface area contributed by atoms with Crippen molar-refractivity contribution in [3.8, 4) is 0 Å². The molecule has 0 bridgehead atoms. The quantitative estimate of drug-likeness (QED) is 0.890. The van der Waals surface area contributed by atoms with E-state index in [1.807, 2.05) is 18.7 Å². The van der Waals surface area contributed by atoms with Crippen LogP contribution in [0.5, 0.6) is 0 Å². The number of fused-ring (bicyclic) bond motifs is 1. The van der Waals surface area contributed by atoms with E-state index in [4.69, 9.17) is 0 Å². The van der Waals surface area contributed by atoms with E-state index in [1.54, 1.807) is 7.05 Å². The smallest absolute Gasteiger partial charge is 0.327 e. The summed E-state index contributed by atoms with van der Waals surface area (Å²) in [6.07, 6.45) is -3.43. The van der Waals surface area contributed by atoms with Gasteiger partial charge in [-0.2, -0.15) is 13.2 Å². The molecule has 122 valence electrons. The van der Waals surface area contributed by atoms with Crippen molar-refractivity contribution in [1.29, 1.82) is 0 Å². The highest BCUT2D eigenvalue weighted by Crippen LogP contribution is 2.31. The Hall–Kier alpha value is -1.60. The molecule has 2 aromatic rings. The maximum Gasteiger partial charge on any atom is 0.416 e. The largest absolute Gasteiger partial charge is 0.416 e. The van der Waals surface area contributed by atoms with Crippen LogP contribution in [0.1, 0.15) is 17.8 Å². The molecule has 0 spiro atoms. The van der Waals surface area contributed by atoms with Crippen molar-refractivity contribution in [3.05, 3.63) is 29.6 Å². The van der Waals surface area contributed by atoms with Crippen LogP contribution in [-0.2, 0) is 19.3 Å². The summed E-state index contributed by atoms with van der Waals surface area (Å²) in [5, 5.41) is 3.01. The predicted molar refractivity (Wildman–Crippen MR) is 80.7 cm³/mol. The van der Waals surface area contributed by atoms with E-state index in [-0.39, 0.29) is 0 Å². The number of benzene rings is 1. The second-order valence-electron chi connectivity index (χ2n) is 5.57. The second-order valence-corrected chi connectivity index (χ2v) is 5.57. The molecule has 0 aliphatic heterocycles. The summed E-state index contributed by atoms with van der Waals surface area (Å²) in [5.74, 6) is 0.760.